The van der Waals surface area contributed by atoms with Gasteiger partial charge in [0, 0.05) is 11.1 Å². The van der Waals surface area contributed by atoms with E-state index in [2.05, 4.69) is 22.2 Å². The summed E-state index contributed by atoms with van der Waals surface area (Å²) in [4.78, 5) is 12.4. The molecule has 0 aliphatic heterocycles. The minimum Gasteiger partial charge on any atom is -0.279 e. The quantitative estimate of drug-likeness (QED) is 0.189. The molecule has 0 saturated heterocycles. The molecule has 0 atom stereocenters. The Morgan fingerprint density at radius 3 is 1.92 bits per heavy atom. The van der Waals surface area contributed by atoms with Gasteiger partial charge in [0.05, 0.1) is 17.7 Å². The predicted molar refractivity (Wildman–Crippen MR) is 119 cm³/mol. The number of carbonyl (C=O) groups excluding carboxylic acids is 1. The van der Waals surface area contributed by atoms with Crippen LogP contribution in [-0.4, -0.2) is 20.8 Å². The van der Waals surface area contributed by atoms with E-state index in [4.69, 9.17) is 0 Å². The molecule has 1 aromatic heterocycles. The SMILES string of the molecule is O=C(C#Cc1nnn(Cc2cc(C(F)(F)F)cc(C(F)(F)F)c2)c1-c1ccccc1)c1ccccc1. The number of rotatable bonds is 4. The number of aromatic nitrogens is 3. The fraction of sp³-hybridized carbons (Fsp3) is 0.115. The van der Waals surface area contributed by atoms with Crippen LogP contribution in [0.5, 0.6) is 0 Å². The van der Waals surface area contributed by atoms with Gasteiger partial charge >= 0.3 is 12.4 Å². The summed E-state index contributed by atoms with van der Waals surface area (Å²) in [7, 11) is 0. The molecule has 0 bridgehead atoms. The molecule has 182 valence electrons. The van der Waals surface area contributed by atoms with Crippen molar-refractivity contribution in [2.24, 2.45) is 0 Å². The lowest BCUT2D eigenvalue weighted by atomic mass is 10.0. The van der Waals surface area contributed by atoms with Gasteiger partial charge < -0.3 is 0 Å². The van der Waals surface area contributed by atoms with Gasteiger partial charge in [0.2, 0.25) is 5.78 Å². The molecular formula is C26H15F6N3O. The first-order valence-corrected chi connectivity index (χ1v) is 10.4. The lowest BCUT2D eigenvalue weighted by molar-refractivity contribution is -0.143. The monoisotopic (exact) mass is 499 g/mol. The Morgan fingerprint density at radius 2 is 1.36 bits per heavy atom. The van der Waals surface area contributed by atoms with Crippen LogP contribution in [0.3, 0.4) is 0 Å². The minimum absolute atomic E-state index is 0.0495. The zero-order valence-corrected chi connectivity index (χ0v) is 18.2. The van der Waals surface area contributed by atoms with Crippen LogP contribution in [-0.2, 0) is 18.9 Å². The van der Waals surface area contributed by atoms with E-state index in [1.165, 1.54) is 0 Å². The molecule has 0 radical (unpaired) electrons. The molecule has 4 nitrogen and oxygen atoms in total. The fourth-order valence-electron chi connectivity index (χ4n) is 3.45. The summed E-state index contributed by atoms with van der Waals surface area (Å²) in [5.41, 5.74) is -1.98. The van der Waals surface area contributed by atoms with Crippen molar-refractivity contribution >= 4 is 5.78 Å². The maximum absolute atomic E-state index is 13.3. The van der Waals surface area contributed by atoms with E-state index in [9.17, 15) is 31.1 Å². The summed E-state index contributed by atoms with van der Waals surface area (Å²) in [5.74, 6) is 4.60. The first-order chi connectivity index (χ1) is 17.0. The molecule has 0 aliphatic rings. The van der Waals surface area contributed by atoms with Gasteiger partial charge in [0.25, 0.3) is 0 Å². The van der Waals surface area contributed by atoms with E-state index in [0.717, 1.165) is 4.68 Å². The van der Waals surface area contributed by atoms with Crippen LogP contribution < -0.4 is 0 Å². The van der Waals surface area contributed by atoms with Crippen LogP contribution in [0.15, 0.2) is 78.9 Å². The number of nitrogens with zero attached hydrogens (tertiary/aromatic N) is 3. The summed E-state index contributed by atoms with van der Waals surface area (Å²) in [5, 5.41) is 7.85. The van der Waals surface area contributed by atoms with E-state index >= 15 is 0 Å². The van der Waals surface area contributed by atoms with E-state index in [1.54, 1.807) is 60.7 Å². The first-order valence-electron chi connectivity index (χ1n) is 10.4. The summed E-state index contributed by atoms with van der Waals surface area (Å²) >= 11 is 0. The topological polar surface area (TPSA) is 47.8 Å². The van der Waals surface area contributed by atoms with Gasteiger partial charge in [0.1, 0.15) is 5.69 Å². The average molecular weight is 499 g/mol. The summed E-state index contributed by atoms with van der Waals surface area (Å²) in [6.45, 7) is -0.446. The third-order valence-electron chi connectivity index (χ3n) is 5.09. The molecule has 0 N–H and O–H groups in total. The molecule has 0 saturated carbocycles. The molecule has 0 spiro atoms. The van der Waals surface area contributed by atoms with Gasteiger partial charge in [-0.05, 0) is 35.6 Å². The van der Waals surface area contributed by atoms with Gasteiger partial charge in [-0.15, -0.1) is 5.10 Å². The van der Waals surface area contributed by atoms with E-state index < -0.39 is 35.8 Å². The van der Waals surface area contributed by atoms with Crippen molar-refractivity contribution in [3.63, 3.8) is 0 Å². The fourth-order valence-corrected chi connectivity index (χ4v) is 3.45. The normalized spacial score (nSPS) is 11.6. The second-order valence-corrected chi connectivity index (χ2v) is 7.67. The van der Waals surface area contributed by atoms with Crippen LogP contribution in [0.4, 0.5) is 26.3 Å². The Bertz CT molecular complexity index is 1410. The highest BCUT2D eigenvalue weighted by atomic mass is 19.4. The molecule has 0 amide bonds. The van der Waals surface area contributed by atoms with Crippen molar-refractivity contribution in [3.8, 4) is 23.1 Å². The van der Waals surface area contributed by atoms with Crippen LogP contribution >= 0.6 is 0 Å². The first kappa shape index (κ1) is 24.7. The van der Waals surface area contributed by atoms with Crippen LogP contribution in [0.1, 0.15) is 32.7 Å². The molecule has 4 aromatic rings. The molecular weight excluding hydrogens is 484 g/mol. The van der Waals surface area contributed by atoms with Gasteiger partial charge in [-0.3, -0.25) is 4.79 Å². The number of hydrogen-bond acceptors (Lipinski definition) is 3. The van der Waals surface area contributed by atoms with Crippen molar-refractivity contribution in [2.45, 2.75) is 18.9 Å². The second-order valence-electron chi connectivity index (χ2n) is 7.67. The third-order valence-corrected chi connectivity index (χ3v) is 5.09. The lowest BCUT2D eigenvalue weighted by Crippen LogP contribution is -2.13. The van der Waals surface area contributed by atoms with Crippen molar-refractivity contribution < 1.29 is 31.1 Å². The van der Waals surface area contributed by atoms with Gasteiger partial charge in [0.15, 0.2) is 5.69 Å². The van der Waals surface area contributed by atoms with Crippen LogP contribution in [0, 0.1) is 11.8 Å². The van der Waals surface area contributed by atoms with Gasteiger partial charge in [-0.2, -0.15) is 26.3 Å². The number of ketones is 1. The van der Waals surface area contributed by atoms with Crippen molar-refractivity contribution in [1.29, 1.82) is 0 Å². The van der Waals surface area contributed by atoms with Crippen molar-refractivity contribution in [1.82, 2.24) is 15.0 Å². The van der Waals surface area contributed by atoms with Crippen molar-refractivity contribution in [2.75, 3.05) is 0 Å². The number of benzene rings is 3. The Morgan fingerprint density at radius 1 is 0.806 bits per heavy atom. The second kappa shape index (κ2) is 9.70. The molecule has 10 heteroatoms. The maximum atomic E-state index is 13.3. The largest absolute Gasteiger partial charge is 0.416 e. The van der Waals surface area contributed by atoms with Crippen LogP contribution in [0.25, 0.3) is 11.3 Å². The number of hydrogen-bond donors (Lipinski definition) is 0. The summed E-state index contributed by atoms with van der Waals surface area (Å²) < 4.78 is 80.9. The summed E-state index contributed by atoms with van der Waals surface area (Å²) in [6.07, 6.45) is -9.95. The van der Waals surface area contributed by atoms with E-state index in [-0.39, 0.29) is 23.0 Å². The lowest BCUT2D eigenvalue weighted by Gasteiger charge is -2.15. The Labute approximate surface area is 201 Å². The minimum atomic E-state index is -4.98. The Kier molecular flexibility index (Phi) is 6.66. The standard InChI is InChI=1S/C26H15F6N3O/c27-25(28,29)20-13-17(14-21(15-20)26(30,31)32)16-35-24(19-9-5-2-6-10-19)22(33-34-35)11-12-23(36)18-7-3-1-4-8-18/h1-10,13-15H,16H2. The highest BCUT2D eigenvalue weighted by molar-refractivity contribution is 6.09. The molecule has 4 rings (SSSR count). The smallest absolute Gasteiger partial charge is 0.279 e. The highest BCUT2D eigenvalue weighted by Crippen LogP contribution is 2.36. The summed E-state index contributed by atoms with van der Waals surface area (Å²) in [6, 6.07) is 18.0. The molecule has 3 aromatic carbocycles. The van der Waals surface area contributed by atoms with Crippen molar-refractivity contribution in [3.05, 3.63) is 107 Å². The van der Waals surface area contributed by atoms with Gasteiger partial charge in [-0.1, -0.05) is 65.9 Å². The number of carbonyl (C=O) groups is 1. The predicted octanol–water partition coefficient (Wildman–Crippen LogP) is 6.27. The van der Waals surface area contributed by atoms with Crippen LogP contribution in [0.2, 0.25) is 0 Å². The third kappa shape index (κ3) is 5.63. The molecule has 0 aliphatic carbocycles. The highest BCUT2D eigenvalue weighted by Gasteiger charge is 2.37. The zero-order chi connectivity index (χ0) is 25.9. The number of alkyl halides is 6. The molecule has 0 unspecified atom stereocenters. The Balaban J connectivity index is 1.78. The zero-order valence-electron chi connectivity index (χ0n) is 18.2. The Hall–Kier alpha value is -4.39. The average Bonchev–Trinajstić information content (AvgIpc) is 3.24. The molecule has 36 heavy (non-hydrogen) atoms. The molecule has 1 heterocycles. The van der Waals surface area contributed by atoms with E-state index in [0.29, 0.717) is 23.3 Å². The maximum Gasteiger partial charge on any atom is 0.416 e. The molecule has 0 fully saturated rings. The number of halogens is 6. The number of Topliss-reactive ketones (excluding diaryl/α,β-unsaturated/α-hetero) is 1. The van der Waals surface area contributed by atoms with Gasteiger partial charge in [-0.25, -0.2) is 4.68 Å². The van der Waals surface area contributed by atoms with E-state index in [1.807, 2.05) is 0 Å².